The highest BCUT2D eigenvalue weighted by Crippen LogP contribution is 2.27. The number of aromatic amines is 1. The molecule has 29 heavy (non-hydrogen) atoms. The van der Waals surface area contributed by atoms with Crippen molar-refractivity contribution in [2.24, 2.45) is 0 Å². The van der Waals surface area contributed by atoms with E-state index in [1.807, 2.05) is 35.7 Å². The number of methoxy groups -OCH3 is 1. The van der Waals surface area contributed by atoms with E-state index < -0.39 is 11.5 Å². The number of esters is 1. The van der Waals surface area contributed by atoms with Crippen LogP contribution < -0.4 is 5.56 Å². The summed E-state index contributed by atoms with van der Waals surface area (Å²) in [5.41, 5.74) is 2.51. The number of nitrogens with one attached hydrogen (secondary N) is 1. The number of ether oxygens (including phenoxy) is 1. The molecule has 0 spiro atoms. The van der Waals surface area contributed by atoms with Gasteiger partial charge in [0.2, 0.25) is 0 Å². The summed E-state index contributed by atoms with van der Waals surface area (Å²) in [6.07, 6.45) is 0. The van der Waals surface area contributed by atoms with E-state index in [4.69, 9.17) is 4.74 Å². The standard InChI is InChI=1S/C20H16N4O3S2/c1-11-8-14(19(26)27-2)15-16(21-11)23-20(24-17(15)25)29-10-13-9-28-18(22-13)12-6-4-3-5-7-12/h3-9H,10H2,1-2H3,(H,21,23,24,25). The highest BCUT2D eigenvalue weighted by molar-refractivity contribution is 7.98. The minimum absolute atomic E-state index is 0.131. The summed E-state index contributed by atoms with van der Waals surface area (Å²) in [5, 5.41) is 3.49. The van der Waals surface area contributed by atoms with Crippen molar-refractivity contribution in [3.8, 4) is 10.6 Å². The predicted octanol–water partition coefficient (Wildman–Crippen LogP) is 3.83. The van der Waals surface area contributed by atoms with Crippen molar-refractivity contribution >= 4 is 40.1 Å². The molecule has 0 aliphatic carbocycles. The summed E-state index contributed by atoms with van der Waals surface area (Å²) in [6.45, 7) is 1.74. The minimum Gasteiger partial charge on any atom is -0.465 e. The molecule has 0 bridgehead atoms. The average molecular weight is 425 g/mol. The van der Waals surface area contributed by atoms with E-state index in [-0.39, 0.29) is 16.6 Å². The Hall–Kier alpha value is -3.04. The normalized spacial score (nSPS) is 11.0. The number of aromatic nitrogens is 4. The summed E-state index contributed by atoms with van der Waals surface area (Å²) >= 11 is 2.93. The van der Waals surface area contributed by atoms with Gasteiger partial charge in [0.1, 0.15) is 5.01 Å². The molecule has 146 valence electrons. The van der Waals surface area contributed by atoms with Gasteiger partial charge in [0.25, 0.3) is 5.56 Å². The van der Waals surface area contributed by atoms with Crippen molar-refractivity contribution in [2.75, 3.05) is 7.11 Å². The van der Waals surface area contributed by atoms with Gasteiger partial charge >= 0.3 is 5.97 Å². The highest BCUT2D eigenvalue weighted by Gasteiger charge is 2.17. The van der Waals surface area contributed by atoms with Crippen LogP contribution in [0.5, 0.6) is 0 Å². The van der Waals surface area contributed by atoms with Gasteiger partial charge in [-0.15, -0.1) is 11.3 Å². The maximum Gasteiger partial charge on any atom is 0.338 e. The van der Waals surface area contributed by atoms with E-state index in [0.717, 1.165) is 16.3 Å². The molecule has 0 fully saturated rings. The lowest BCUT2D eigenvalue weighted by Crippen LogP contribution is -2.16. The van der Waals surface area contributed by atoms with E-state index >= 15 is 0 Å². The molecule has 0 unspecified atom stereocenters. The summed E-state index contributed by atoms with van der Waals surface area (Å²) in [6, 6.07) is 11.5. The summed E-state index contributed by atoms with van der Waals surface area (Å²) in [5.74, 6) is -0.0443. The molecule has 0 amide bonds. The fourth-order valence-corrected chi connectivity index (χ4v) is 4.49. The lowest BCUT2D eigenvalue weighted by Gasteiger charge is -2.06. The van der Waals surface area contributed by atoms with Crippen molar-refractivity contribution in [2.45, 2.75) is 17.8 Å². The monoisotopic (exact) mass is 424 g/mol. The molecule has 1 aromatic carbocycles. The molecule has 9 heteroatoms. The number of hydrogen-bond donors (Lipinski definition) is 1. The molecule has 1 N–H and O–H groups in total. The zero-order valence-corrected chi connectivity index (χ0v) is 17.3. The molecule has 0 radical (unpaired) electrons. The first-order valence-corrected chi connectivity index (χ1v) is 10.5. The first-order valence-electron chi connectivity index (χ1n) is 8.68. The quantitative estimate of drug-likeness (QED) is 0.295. The zero-order valence-electron chi connectivity index (χ0n) is 15.6. The predicted molar refractivity (Wildman–Crippen MR) is 113 cm³/mol. The molecule has 0 aliphatic heterocycles. The number of thioether (sulfide) groups is 1. The third kappa shape index (κ3) is 4.06. The molecular weight excluding hydrogens is 408 g/mol. The van der Waals surface area contributed by atoms with Crippen LogP contribution in [0, 0.1) is 6.92 Å². The third-order valence-electron chi connectivity index (χ3n) is 4.12. The lowest BCUT2D eigenvalue weighted by molar-refractivity contribution is 0.0602. The highest BCUT2D eigenvalue weighted by atomic mass is 32.2. The molecule has 0 saturated carbocycles. The van der Waals surface area contributed by atoms with E-state index in [1.165, 1.54) is 24.9 Å². The number of benzene rings is 1. The Bertz CT molecular complexity index is 1250. The summed E-state index contributed by atoms with van der Waals surface area (Å²) in [7, 11) is 1.27. The SMILES string of the molecule is COC(=O)c1cc(C)nc2nc(SCc3csc(-c4ccccc4)n3)[nH]c(=O)c12. The number of thiazole rings is 1. The van der Waals surface area contributed by atoms with E-state index in [1.54, 1.807) is 18.3 Å². The molecule has 0 aliphatic rings. The van der Waals surface area contributed by atoms with Crippen LogP contribution in [0.2, 0.25) is 0 Å². The average Bonchev–Trinajstić information content (AvgIpc) is 3.20. The fraction of sp³-hybridized carbons (Fsp3) is 0.150. The number of hydrogen-bond acceptors (Lipinski definition) is 8. The van der Waals surface area contributed by atoms with Gasteiger partial charge in [-0.05, 0) is 13.0 Å². The van der Waals surface area contributed by atoms with Gasteiger partial charge in [-0.25, -0.2) is 19.7 Å². The number of aryl methyl sites for hydroxylation is 1. The van der Waals surface area contributed by atoms with Gasteiger partial charge in [0, 0.05) is 22.4 Å². The van der Waals surface area contributed by atoms with Crippen molar-refractivity contribution in [3.63, 3.8) is 0 Å². The molecule has 3 aromatic heterocycles. The molecule has 0 atom stereocenters. The van der Waals surface area contributed by atoms with Crippen LogP contribution >= 0.6 is 23.1 Å². The fourth-order valence-electron chi connectivity index (χ4n) is 2.81. The van der Waals surface area contributed by atoms with E-state index in [9.17, 15) is 9.59 Å². The topological polar surface area (TPSA) is 97.8 Å². The number of pyridine rings is 1. The van der Waals surface area contributed by atoms with E-state index in [0.29, 0.717) is 16.6 Å². The van der Waals surface area contributed by atoms with E-state index in [2.05, 4.69) is 19.9 Å². The van der Waals surface area contributed by atoms with Gasteiger partial charge in [-0.3, -0.25) is 4.79 Å². The Balaban J connectivity index is 1.60. The van der Waals surface area contributed by atoms with Crippen LogP contribution in [-0.2, 0) is 10.5 Å². The second kappa shape index (κ2) is 8.14. The molecule has 4 aromatic rings. The summed E-state index contributed by atoms with van der Waals surface area (Å²) in [4.78, 5) is 40.7. The number of carbonyl (C=O) groups excluding carboxylic acids is 1. The lowest BCUT2D eigenvalue weighted by atomic mass is 10.1. The Kier molecular flexibility index (Phi) is 5.41. The van der Waals surface area contributed by atoms with Crippen LogP contribution in [0.3, 0.4) is 0 Å². The van der Waals surface area contributed by atoms with Crippen LogP contribution in [0.4, 0.5) is 0 Å². The zero-order chi connectivity index (χ0) is 20.4. The Morgan fingerprint density at radius 3 is 2.76 bits per heavy atom. The maximum atomic E-state index is 12.6. The van der Waals surface area contributed by atoms with Gasteiger partial charge in [0.05, 0.1) is 23.8 Å². The number of rotatable bonds is 5. The third-order valence-corrected chi connectivity index (χ3v) is 5.97. The van der Waals surface area contributed by atoms with Gasteiger partial charge < -0.3 is 9.72 Å². The Morgan fingerprint density at radius 2 is 2.00 bits per heavy atom. The Morgan fingerprint density at radius 1 is 1.21 bits per heavy atom. The van der Waals surface area contributed by atoms with Gasteiger partial charge in [-0.2, -0.15) is 0 Å². The van der Waals surface area contributed by atoms with Gasteiger partial charge in [0.15, 0.2) is 10.8 Å². The number of H-pyrrole nitrogens is 1. The molecule has 4 rings (SSSR count). The van der Waals surface area contributed by atoms with Gasteiger partial charge in [-0.1, -0.05) is 42.1 Å². The largest absolute Gasteiger partial charge is 0.465 e. The Labute approximate surface area is 174 Å². The van der Waals surface area contributed by atoms with Crippen LogP contribution in [-0.4, -0.2) is 33.0 Å². The number of nitrogens with zero attached hydrogens (tertiary/aromatic N) is 3. The number of fused-ring (bicyclic) bond motifs is 1. The van der Waals surface area contributed by atoms with Crippen LogP contribution in [0.25, 0.3) is 21.6 Å². The maximum absolute atomic E-state index is 12.6. The second-order valence-electron chi connectivity index (χ2n) is 6.17. The minimum atomic E-state index is -0.593. The first-order chi connectivity index (χ1) is 14.0. The van der Waals surface area contributed by atoms with Crippen molar-refractivity contribution < 1.29 is 9.53 Å². The molecule has 0 saturated heterocycles. The second-order valence-corrected chi connectivity index (χ2v) is 7.99. The van der Waals surface area contributed by atoms with Crippen LogP contribution in [0.1, 0.15) is 21.7 Å². The van der Waals surface area contributed by atoms with Crippen molar-refractivity contribution in [1.82, 2.24) is 19.9 Å². The molecular formula is C20H16N4O3S2. The van der Waals surface area contributed by atoms with Crippen molar-refractivity contribution in [3.05, 3.63) is 69.1 Å². The summed E-state index contributed by atoms with van der Waals surface area (Å²) < 4.78 is 4.77. The smallest absolute Gasteiger partial charge is 0.338 e. The van der Waals surface area contributed by atoms with Crippen molar-refractivity contribution in [1.29, 1.82) is 0 Å². The van der Waals surface area contributed by atoms with Crippen LogP contribution in [0.15, 0.2) is 51.7 Å². The number of carbonyl (C=O) groups is 1. The first kappa shape index (κ1) is 19.3. The molecule has 3 heterocycles. The molecule has 7 nitrogen and oxygen atoms in total.